The fourth-order valence-corrected chi connectivity index (χ4v) is 2.98. The Hall–Kier alpha value is -1.62. The number of aromatic nitrogens is 1. The highest BCUT2D eigenvalue weighted by Crippen LogP contribution is 2.31. The Bertz CT molecular complexity index is 706. The van der Waals surface area contributed by atoms with Crippen LogP contribution in [0.1, 0.15) is 27.5 Å². The van der Waals surface area contributed by atoms with E-state index in [1.54, 1.807) is 0 Å². The summed E-state index contributed by atoms with van der Waals surface area (Å²) in [5.74, 6) is -0.384. The van der Waals surface area contributed by atoms with Crippen LogP contribution in [-0.2, 0) is 6.42 Å². The first kappa shape index (κ1) is 14.3. The number of nitrogens with zero attached hydrogens (tertiary/aromatic N) is 1. The molecule has 0 fully saturated rings. The Balaban J connectivity index is 1.85. The van der Waals surface area contributed by atoms with Gasteiger partial charge in [0.05, 0.1) is 17.7 Å². The predicted octanol–water partition coefficient (Wildman–Crippen LogP) is 2.78. The van der Waals surface area contributed by atoms with Crippen LogP contribution in [0.15, 0.2) is 36.4 Å². The van der Waals surface area contributed by atoms with Gasteiger partial charge in [0.25, 0.3) is 5.91 Å². The van der Waals surface area contributed by atoms with Gasteiger partial charge in [0.1, 0.15) is 10.3 Å². The molecular weight excluding hydrogens is 311 g/mol. The number of fused-ring (bicyclic) bond motifs is 1. The van der Waals surface area contributed by atoms with Crippen LogP contribution in [0.5, 0.6) is 0 Å². The number of aliphatic hydroxyl groups is 1. The van der Waals surface area contributed by atoms with Crippen molar-refractivity contribution in [2.45, 2.75) is 18.6 Å². The average molecular weight is 323 g/mol. The van der Waals surface area contributed by atoms with Crippen molar-refractivity contribution in [1.29, 1.82) is 0 Å². The van der Waals surface area contributed by atoms with Gasteiger partial charge in [-0.05, 0) is 23.3 Å². The van der Waals surface area contributed by atoms with E-state index in [0.29, 0.717) is 6.42 Å². The number of hydrogen-bond acceptors (Lipinski definition) is 3. The van der Waals surface area contributed by atoms with E-state index in [4.69, 9.17) is 23.2 Å². The van der Waals surface area contributed by atoms with Crippen LogP contribution in [0.25, 0.3) is 0 Å². The third-order valence-electron chi connectivity index (χ3n) is 3.55. The second kappa shape index (κ2) is 5.64. The van der Waals surface area contributed by atoms with Gasteiger partial charge in [-0.1, -0.05) is 47.5 Å². The van der Waals surface area contributed by atoms with Crippen LogP contribution in [0.2, 0.25) is 10.3 Å². The van der Waals surface area contributed by atoms with E-state index in [9.17, 15) is 9.90 Å². The molecule has 1 aromatic heterocycles. The number of aliphatic hydroxyl groups excluding tert-OH is 1. The third-order valence-corrected chi connectivity index (χ3v) is 4.05. The minimum Gasteiger partial charge on any atom is -0.390 e. The first-order valence-electron chi connectivity index (χ1n) is 6.45. The predicted molar refractivity (Wildman–Crippen MR) is 80.6 cm³/mol. The van der Waals surface area contributed by atoms with Crippen molar-refractivity contribution in [2.75, 3.05) is 0 Å². The van der Waals surface area contributed by atoms with Crippen LogP contribution in [0.3, 0.4) is 0 Å². The number of carbonyl (C=O) groups excluding carboxylic acids is 1. The molecule has 3 rings (SSSR count). The number of carbonyl (C=O) groups is 1. The van der Waals surface area contributed by atoms with Gasteiger partial charge < -0.3 is 10.4 Å². The lowest BCUT2D eigenvalue weighted by Gasteiger charge is -2.18. The molecule has 0 saturated carbocycles. The Kier molecular flexibility index (Phi) is 3.85. The van der Waals surface area contributed by atoms with Crippen LogP contribution in [0, 0.1) is 0 Å². The molecular formula is C15H12Cl2N2O2. The van der Waals surface area contributed by atoms with E-state index in [1.807, 2.05) is 24.3 Å². The minimum absolute atomic E-state index is 0.0424. The van der Waals surface area contributed by atoms with Crippen molar-refractivity contribution in [2.24, 2.45) is 0 Å². The van der Waals surface area contributed by atoms with Gasteiger partial charge in [-0.3, -0.25) is 4.79 Å². The summed E-state index contributed by atoms with van der Waals surface area (Å²) in [5, 5.41) is 13.2. The summed E-state index contributed by atoms with van der Waals surface area (Å²) >= 11 is 11.6. The van der Waals surface area contributed by atoms with Gasteiger partial charge >= 0.3 is 0 Å². The molecule has 1 aliphatic carbocycles. The molecule has 6 heteroatoms. The fourth-order valence-electron chi connectivity index (χ4n) is 2.55. The molecule has 1 aliphatic rings. The molecule has 4 nitrogen and oxygen atoms in total. The fraction of sp³-hybridized carbons (Fsp3) is 0.200. The molecule has 1 amide bonds. The molecule has 21 heavy (non-hydrogen) atoms. The molecule has 1 aromatic carbocycles. The van der Waals surface area contributed by atoms with E-state index in [2.05, 4.69) is 10.3 Å². The Morgan fingerprint density at radius 3 is 2.76 bits per heavy atom. The van der Waals surface area contributed by atoms with Crippen LogP contribution < -0.4 is 5.32 Å². The zero-order valence-corrected chi connectivity index (χ0v) is 12.4. The van der Waals surface area contributed by atoms with Gasteiger partial charge in [0, 0.05) is 6.42 Å². The van der Waals surface area contributed by atoms with E-state index in [1.165, 1.54) is 12.1 Å². The van der Waals surface area contributed by atoms with Gasteiger partial charge in [0.15, 0.2) is 0 Å². The van der Waals surface area contributed by atoms with Crippen molar-refractivity contribution in [3.05, 3.63) is 63.4 Å². The SMILES string of the molecule is O=C(N[C@@H]1c2ccccc2C[C@@H]1O)c1ccc(Cl)nc1Cl. The third kappa shape index (κ3) is 2.75. The summed E-state index contributed by atoms with van der Waals surface area (Å²) in [6.45, 7) is 0. The zero-order chi connectivity index (χ0) is 15.0. The highest BCUT2D eigenvalue weighted by molar-refractivity contribution is 6.34. The highest BCUT2D eigenvalue weighted by Gasteiger charge is 2.32. The van der Waals surface area contributed by atoms with Crippen molar-refractivity contribution < 1.29 is 9.90 Å². The average Bonchev–Trinajstić information content (AvgIpc) is 2.75. The standard InChI is InChI=1S/C15H12Cl2N2O2/c16-12-6-5-10(14(17)18-12)15(21)19-13-9-4-2-1-3-8(9)7-11(13)20/h1-6,11,13,20H,7H2,(H,19,21)/t11-,13+/m0/s1. The van der Waals surface area contributed by atoms with Gasteiger partial charge in [-0.2, -0.15) is 0 Å². The molecule has 2 atom stereocenters. The molecule has 0 radical (unpaired) electrons. The summed E-state index contributed by atoms with van der Waals surface area (Å²) in [4.78, 5) is 16.1. The quantitative estimate of drug-likeness (QED) is 0.836. The van der Waals surface area contributed by atoms with Gasteiger partial charge in [-0.25, -0.2) is 4.98 Å². The van der Waals surface area contributed by atoms with Gasteiger partial charge in [-0.15, -0.1) is 0 Å². The number of hydrogen-bond donors (Lipinski definition) is 2. The molecule has 0 spiro atoms. The van der Waals surface area contributed by atoms with Crippen molar-refractivity contribution in [3.63, 3.8) is 0 Å². The molecule has 1 heterocycles. The number of halogens is 2. The number of benzene rings is 1. The van der Waals surface area contributed by atoms with Gasteiger partial charge in [0.2, 0.25) is 0 Å². The molecule has 2 aromatic rings. The molecule has 0 aliphatic heterocycles. The normalized spacial score (nSPS) is 20.1. The summed E-state index contributed by atoms with van der Waals surface area (Å²) < 4.78 is 0. The molecule has 0 bridgehead atoms. The molecule has 0 saturated heterocycles. The van der Waals surface area contributed by atoms with Crippen molar-refractivity contribution in [1.82, 2.24) is 10.3 Å². The lowest BCUT2D eigenvalue weighted by atomic mass is 10.1. The number of pyridine rings is 1. The summed E-state index contributed by atoms with van der Waals surface area (Å²) in [7, 11) is 0. The molecule has 108 valence electrons. The zero-order valence-electron chi connectivity index (χ0n) is 10.9. The summed E-state index contributed by atoms with van der Waals surface area (Å²) in [6, 6.07) is 10.2. The smallest absolute Gasteiger partial charge is 0.254 e. The summed E-state index contributed by atoms with van der Waals surface area (Å²) in [5.41, 5.74) is 2.20. The lowest BCUT2D eigenvalue weighted by molar-refractivity contribution is 0.0858. The lowest BCUT2D eigenvalue weighted by Crippen LogP contribution is -2.34. The van der Waals surface area contributed by atoms with E-state index in [0.717, 1.165) is 11.1 Å². The Labute approximate surface area is 131 Å². The maximum absolute atomic E-state index is 12.3. The molecule has 0 unspecified atom stereocenters. The minimum atomic E-state index is -0.648. The highest BCUT2D eigenvalue weighted by atomic mass is 35.5. The maximum atomic E-state index is 12.3. The first-order valence-corrected chi connectivity index (χ1v) is 7.20. The summed E-state index contributed by atoms with van der Waals surface area (Å²) in [6.07, 6.45) is -0.126. The van der Waals surface area contributed by atoms with Crippen molar-refractivity contribution in [3.8, 4) is 0 Å². The molecule has 2 N–H and O–H groups in total. The van der Waals surface area contributed by atoms with Crippen LogP contribution in [0.4, 0.5) is 0 Å². The topological polar surface area (TPSA) is 62.2 Å². The van der Waals surface area contributed by atoms with Crippen LogP contribution in [-0.4, -0.2) is 22.1 Å². The maximum Gasteiger partial charge on any atom is 0.254 e. The number of nitrogens with one attached hydrogen (secondary N) is 1. The first-order chi connectivity index (χ1) is 10.1. The van der Waals surface area contributed by atoms with E-state index in [-0.39, 0.29) is 21.8 Å². The van der Waals surface area contributed by atoms with Crippen molar-refractivity contribution >= 4 is 29.1 Å². The second-order valence-electron chi connectivity index (χ2n) is 4.89. The number of rotatable bonds is 2. The van der Waals surface area contributed by atoms with Crippen LogP contribution >= 0.6 is 23.2 Å². The number of amides is 1. The van der Waals surface area contributed by atoms with E-state index < -0.39 is 12.1 Å². The monoisotopic (exact) mass is 322 g/mol. The largest absolute Gasteiger partial charge is 0.390 e. The Morgan fingerprint density at radius 1 is 1.24 bits per heavy atom. The second-order valence-corrected chi connectivity index (χ2v) is 5.64. The van der Waals surface area contributed by atoms with E-state index >= 15 is 0 Å². The Morgan fingerprint density at radius 2 is 2.00 bits per heavy atom.